The van der Waals surface area contributed by atoms with Gasteiger partial charge in [0.25, 0.3) is 0 Å². The fourth-order valence-corrected chi connectivity index (χ4v) is 4.57. The lowest BCUT2D eigenvalue weighted by Gasteiger charge is -2.25. The van der Waals surface area contributed by atoms with Gasteiger partial charge in [0.05, 0.1) is 34.7 Å². The molecule has 2 bridgehead atoms. The summed E-state index contributed by atoms with van der Waals surface area (Å²) in [4.78, 5) is 20.0. The van der Waals surface area contributed by atoms with Gasteiger partial charge in [-0.1, -0.05) is 6.07 Å². The predicted molar refractivity (Wildman–Crippen MR) is 104 cm³/mol. The van der Waals surface area contributed by atoms with Crippen LogP contribution in [-0.4, -0.2) is 57.8 Å². The van der Waals surface area contributed by atoms with Crippen LogP contribution in [0.1, 0.15) is 11.4 Å². The Bertz CT molecular complexity index is 1020. The van der Waals surface area contributed by atoms with Crippen molar-refractivity contribution in [2.45, 2.75) is 25.5 Å². The molecule has 1 amide bonds. The fourth-order valence-electron chi connectivity index (χ4n) is 3.79. The van der Waals surface area contributed by atoms with E-state index >= 15 is 0 Å². The normalized spacial score (nSPS) is 21.8. The van der Waals surface area contributed by atoms with Crippen molar-refractivity contribution < 1.29 is 9.53 Å². The number of hydrogen-bond donors (Lipinski definition) is 1. The standard InChI is InChI=1S/C19H19N5O2S/c1-11-20-7-17(27-11)12-2-3-16-13(4-12)5-18(23-22-16)21-19(25)9-24-8-15-6-14(24)10-26-15/h2-5,7,14-15H,6,8-10H2,1H3,(H,21,23,25)/t14-,15-/m1/s1. The molecule has 0 aliphatic carbocycles. The molecule has 2 aliphatic heterocycles. The first-order chi connectivity index (χ1) is 13.1. The van der Waals surface area contributed by atoms with E-state index in [4.69, 9.17) is 4.74 Å². The highest BCUT2D eigenvalue weighted by Gasteiger charge is 2.39. The number of aromatic nitrogens is 3. The molecule has 2 atom stereocenters. The van der Waals surface area contributed by atoms with Crippen LogP contribution in [0.5, 0.6) is 0 Å². The highest BCUT2D eigenvalue weighted by molar-refractivity contribution is 7.15. The first-order valence-electron chi connectivity index (χ1n) is 9.00. The van der Waals surface area contributed by atoms with Crippen molar-refractivity contribution in [1.29, 1.82) is 0 Å². The molecule has 0 saturated carbocycles. The van der Waals surface area contributed by atoms with Gasteiger partial charge in [-0.3, -0.25) is 9.69 Å². The minimum Gasteiger partial charge on any atom is -0.375 e. The number of thiazole rings is 1. The number of rotatable bonds is 4. The van der Waals surface area contributed by atoms with Crippen molar-refractivity contribution in [2.75, 3.05) is 25.0 Å². The molecule has 3 aromatic rings. The van der Waals surface area contributed by atoms with E-state index in [1.54, 1.807) is 11.3 Å². The van der Waals surface area contributed by atoms with Gasteiger partial charge < -0.3 is 10.1 Å². The van der Waals surface area contributed by atoms with Crippen LogP contribution >= 0.6 is 11.3 Å². The average molecular weight is 381 g/mol. The number of ether oxygens (including phenoxy) is 1. The first-order valence-corrected chi connectivity index (χ1v) is 9.81. The summed E-state index contributed by atoms with van der Waals surface area (Å²) in [5, 5.41) is 13.2. The predicted octanol–water partition coefficient (Wildman–Crippen LogP) is 2.47. The van der Waals surface area contributed by atoms with Crippen LogP contribution in [0.2, 0.25) is 0 Å². The second-order valence-electron chi connectivity index (χ2n) is 7.07. The van der Waals surface area contributed by atoms with Gasteiger partial charge in [0.2, 0.25) is 5.91 Å². The molecule has 2 aromatic heterocycles. The Labute approximate surface area is 160 Å². The quantitative estimate of drug-likeness (QED) is 0.748. The van der Waals surface area contributed by atoms with Crippen LogP contribution in [0.4, 0.5) is 5.82 Å². The van der Waals surface area contributed by atoms with Crippen LogP contribution in [0, 0.1) is 6.92 Å². The van der Waals surface area contributed by atoms with Crippen LogP contribution in [0.3, 0.4) is 0 Å². The van der Waals surface area contributed by atoms with Crippen molar-refractivity contribution in [2.24, 2.45) is 0 Å². The third-order valence-electron chi connectivity index (χ3n) is 5.12. The number of carbonyl (C=O) groups excluding carboxylic acids is 1. The van der Waals surface area contributed by atoms with Crippen molar-refractivity contribution >= 4 is 34.0 Å². The van der Waals surface area contributed by atoms with E-state index < -0.39 is 0 Å². The molecule has 1 N–H and O–H groups in total. The average Bonchev–Trinajstić information content (AvgIpc) is 3.38. The molecule has 2 aliphatic rings. The number of fused-ring (bicyclic) bond motifs is 3. The maximum atomic E-state index is 12.4. The molecule has 1 aromatic carbocycles. The summed E-state index contributed by atoms with van der Waals surface area (Å²) in [6.45, 7) is 3.92. The van der Waals surface area contributed by atoms with Gasteiger partial charge >= 0.3 is 0 Å². The Morgan fingerprint density at radius 2 is 2.30 bits per heavy atom. The number of anilines is 1. The summed E-state index contributed by atoms with van der Waals surface area (Å²) in [5.74, 6) is 0.413. The summed E-state index contributed by atoms with van der Waals surface area (Å²) >= 11 is 1.66. The van der Waals surface area contributed by atoms with E-state index in [2.05, 4.69) is 31.5 Å². The summed E-state index contributed by atoms with van der Waals surface area (Å²) in [5.41, 5.74) is 1.89. The number of morpholine rings is 1. The monoisotopic (exact) mass is 381 g/mol. The largest absolute Gasteiger partial charge is 0.375 e. The molecule has 5 rings (SSSR count). The van der Waals surface area contributed by atoms with Gasteiger partial charge in [-0.15, -0.1) is 21.5 Å². The molecular weight excluding hydrogens is 362 g/mol. The zero-order valence-corrected chi connectivity index (χ0v) is 15.7. The van der Waals surface area contributed by atoms with Gasteiger partial charge in [0.15, 0.2) is 5.82 Å². The van der Waals surface area contributed by atoms with E-state index in [0.717, 1.165) is 45.9 Å². The second kappa shape index (κ2) is 6.63. The smallest absolute Gasteiger partial charge is 0.239 e. The molecule has 4 heterocycles. The molecule has 27 heavy (non-hydrogen) atoms. The number of hydrogen-bond acceptors (Lipinski definition) is 7. The molecule has 0 unspecified atom stereocenters. The summed E-state index contributed by atoms with van der Waals surface area (Å²) < 4.78 is 5.58. The number of carbonyl (C=O) groups is 1. The van der Waals surface area contributed by atoms with Gasteiger partial charge in [0.1, 0.15) is 0 Å². The number of amides is 1. The number of benzene rings is 1. The molecule has 0 spiro atoms. The van der Waals surface area contributed by atoms with Gasteiger partial charge in [0, 0.05) is 24.2 Å². The van der Waals surface area contributed by atoms with Crippen molar-refractivity contribution in [3.8, 4) is 10.4 Å². The zero-order valence-electron chi connectivity index (χ0n) is 14.9. The molecular formula is C19H19N5O2S. The van der Waals surface area contributed by atoms with E-state index in [1.807, 2.05) is 31.3 Å². The lowest BCUT2D eigenvalue weighted by molar-refractivity contribution is -0.118. The highest BCUT2D eigenvalue weighted by Crippen LogP contribution is 2.29. The highest BCUT2D eigenvalue weighted by atomic mass is 32.1. The maximum Gasteiger partial charge on any atom is 0.239 e. The molecule has 2 fully saturated rings. The molecule has 7 nitrogen and oxygen atoms in total. The Morgan fingerprint density at radius 1 is 1.37 bits per heavy atom. The van der Waals surface area contributed by atoms with E-state index in [0.29, 0.717) is 18.4 Å². The summed E-state index contributed by atoms with van der Waals surface area (Å²) in [6, 6.07) is 8.26. The first kappa shape index (κ1) is 16.7. The lowest BCUT2D eigenvalue weighted by atomic mass is 10.1. The van der Waals surface area contributed by atoms with E-state index in [1.165, 1.54) is 0 Å². The SMILES string of the molecule is Cc1ncc(-c2ccc3nnc(NC(=O)CN4C[C@H]5C[C@@H]4CO5)cc3c2)s1. The van der Waals surface area contributed by atoms with Crippen LogP contribution in [0.25, 0.3) is 21.3 Å². The van der Waals surface area contributed by atoms with Crippen LogP contribution in [0.15, 0.2) is 30.5 Å². The van der Waals surface area contributed by atoms with Crippen LogP contribution in [-0.2, 0) is 9.53 Å². The number of likely N-dealkylation sites (tertiary alicyclic amines) is 1. The molecule has 2 saturated heterocycles. The van der Waals surface area contributed by atoms with E-state index in [-0.39, 0.29) is 12.0 Å². The van der Waals surface area contributed by atoms with Gasteiger partial charge in [-0.05, 0) is 37.1 Å². The van der Waals surface area contributed by atoms with Crippen molar-refractivity contribution in [3.63, 3.8) is 0 Å². The Kier molecular flexibility index (Phi) is 4.11. The Morgan fingerprint density at radius 3 is 3.04 bits per heavy atom. The minimum atomic E-state index is -0.0644. The topological polar surface area (TPSA) is 80.2 Å². The van der Waals surface area contributed by atoms with Crippen molar-refractivity contribution in [1.82, 2.24) is 20.1 Å². The summed E-state index contributed by atoms with van der Waals surface area (Å²) in [6.07, 6.45) is 3.20. The third-order valence-corrected chi connectivity index (χ3v) is 6.08. The molecule has 0 radical (unpaired) electrons. The zero-order chi connectivity index (χ0) is 18.4. The number of nitrogens with zero attached hydrogens (tertiary/aromatic N) is 4. The second-order valence-corrected chi connectivity index (χ2v) is 8.30. The lowest BCUT2D eigenvalue weighted by Crippen LogP contribution is -2.41. The molecule has 138 valence electrons. The van der Waals surface area contributed by atoms with Gasteiger partial charge in [-0.2, -0.15) is 0 Å². The van der Waals surface area contributed by atoms with Gasteiger partial charge in [-0.25, -0.2) is 4.98 Å². The van der Waals surface area contributed by atoms with E-state index in [9.17, 15) is 4.79 Å². The maximum absolute atomic E-state index is 12.4. The number of aryl methyl sites for hydroxylation is 1. The Hall–Kier alpha value is -2.42. The Balaban J connectivity index is 1.33. The minimum absolute atomic E-state index is 0.0644. The molecule has 8 heteroatoms. The fraction of sp³-hybridized carbons (Fsp3) is 0.368. The van der Waals surface area contributed by atoms with Crippen molar-refractivity contribution in [3.05, 3.63) is 35.5 Å². The third kappa shape index (κ3) is 3.31. The summed E-state index contributed by atoms with van der Waals surface area (Å²) in [7, 11) is 0. The number of nitrogens with one attached hydrogen (secondary N) is 1. The van der Waals surface area contributed by atoms with Crippen LogP contribution < -0.4 is 5.32 Å².